The van der Waals surface area contributed by atoms with Crippen LogP contribution in [0.25, 0.3) is 5.57 Å². The Morgan fingerprint density at radius 1 is 1.20 bits per heavy atom. The van der Waals surface area contributed by atoms with Gasteiger partial charge in [0.2, 0.25) is 0 Å². The van der Waals surface area contributed by atoms with E-state index in [0.29, 0.717) is 17.0 Å². The van der Waals surface area contributed by atoms with Gasteiger partial charge in [-0.25, -0.2) is 13.2 Å². The van der Waals surface area contributed by atoms with Gasteiger partial charge in [0.15, 0.2) is 0 Å². The Balaban J connectivity index is 1.82. The molecule has 1 N–H and O–H groups in total. The number of aliphatic carboxylic acids is 1. The van der Waals surface area contributed by atoms with Crippen molar-refractivity contribution in [2.75, 3.05) is 6.61 Å². The summed E-state index contributed by atoms with van der Waals surface area (Å²) in [5.74, 6) is -4.27. The lowest BCUT2D eigenvalue weighted by Gasteiger charge is -2.18. The molecule has 0 radical (unpaired) electrons. The molecule has 0 fully saturated rings. The number of carboxylic acid groups (broad SMARTS) is 1. The van der Waals surface area contributed by atoms with Crippen LogP contribution in [0.5, 0.6) is 5.75 Å². The summed E-state index contributed by atoms with van der Waals surface area (Å²) < 4.78 is 48.1. The van der Waals surface area contributed by atoms with Crippen molar-refractivity contribution in [2.45, 2.75) is 45.0 Å². The molecule has 0 heterocycles. The molecule has 0 saturated heterocycles. The third-order valence-corrected chi connectivity index (χ3v) is 5.40. The summed E-state index contributed by atoms with van der Waals surface area (Å²) in [5.41, 5.74) is 2.23. The number of aryl methyl sites for hydroxylation is 1. The van der Waals surface area contributed by atoms with Gasteiger partial charge in [-0.15, -0.1) is 0 Å². The van der Waals surface area contributed by atoms with Crippen molar-refractivity contribution in [1.82, 2.24) is 0 Å². The van der Waals surface area contributed by atoms with E-state index >= 15 is 0 Å². The maximum atomic E-state index is 14.3. The van der Waals surface area contributed by atoms with Gasteiger partial charge in [-0.3, -0.25) is 4.79 Å². The third kappa shape index (κ3) is 5.36. The van der Waals surface area contributed by atoms with Crippen molar-refractivity contribution < 1.29 is 27.8 Å². The maximum absolute atomic E-state index is 14.3. The first kappa shape index (κ1) is 22.2. The Hall–Kier alpha value is -2.47. The van der Waals surface area contributed by atoms with Crippen LogP contribution in [0.3, 0.4) is 0 Å². The number of alkyl halides is 2. The smallest absolute Gasteiger partial charge is 0.303 e. The van der Waals surface area contributed by atoms with E-state index < -0.39 is 11.9 Å². The molecule has 2 aromatic rings. The second kappa shape index (κ2) is 9.13. The first-order valence-electron chi connectivity index (χ1n) is 9.67. The zero-order valence-electron chi connectivity index (χ0n) is 16.5. The van der Waals surface area contributed by atoms with E-state index in [1.54, 1.807) is 12.1 Å². The van der Waals surface area contributed by atoms with Crippen molar-refractivity contribution in [3.05, 3.63) is 69.5 Å². The van der Waals surface area contributed by atoms with Crippen molar-refractivity contribution in [3.63, 3.8) is 0 Å². The Kier molecular flexibility index (Phi) is 6.76. The topological polar surface area (TPSA) is 46.5 Å². The fourth-order valence-electron chi connectivity index (χ4n) is 3.70. The molecule has 160 valence electrons. The predicted molar refractivity (Wildman–Crippen MR) is 110 cm³/mol. The lowest BCUT2D eigenvalue weighted by Crippen LogP contribution is -2.13. The summed E-state index contributed by atoms with van der Waals surface area (Å²) in [7, 11) is 0. The van der Waals surface area contributed by atoms with E-state index in [0.717, 1.165) is 30.9 Å². The highest BCUT2D eigenvalue weighted by atomic mass is 35.5. The van der Waals surface area contributed by atoms with Gasteiger partial charge < -0.3 is 9.84 Å². The standard InChI is InChI=1S/C23H22ClF3O3/c1-23(26,27)20-12-17(8-5-14(20)6-10-22(28)29)30-13-15-3-2-4-18(15)19-11-16(24)7-9-21(19)25/h5,7-9,11-12H,2-4,6,10,13H2,1H3,(H,28,29). The monoisotopic (exact) mass is 438 g/mol. The van der Waals surface area contributed by atoms with Crippen LogP contribution in [0.4, 0.5) is 13.2 Å². The molecule has 1 aliphatic carbocycles. The quantitative estimate of drug-likeness (QED) is 0.503. The molecule has 3 nitrogen and oxygen atoms in total. The summed E-state index contributed by atoms with van der Waals surface area (Å²) in [6.45, 7) is 0.931. The van der Waals surface area contributed by atoms with E-state index in [-0.39, 0.29) is 42.1 Å². The summed E-state index contributed by atoms with van der Waals surface area (Å²) in [6, 6.07) is 8.70. The third-order valence-electron chi connectivity index (χ3n) is 5.16. The zero-order chi connectivity index (χ0) is 21.9. The van der Waals surface area contributed by atoms with Crippen molar-refractivity contribution in [1.29, 1.82) is 0 Å². The van der Waals surface area contributed by atoms with E-state index in [1.807, 2.05) is 0 Å². The molecule has 0 aliphatic heterocycles. The minimum atomic E-state index is -3.13. The summed E-state index contributed by atoms with van der Waals surface area (Å²) in [4.78, 5) is 10.8. The highest BCUT2D eigenvalue weighted by molar-refractivity contribution is 6.30. The molecule has 2 aromatic carbocycles. The van der Waals surface area contributed by atoms with Crippen LogP contribution < -0.4 is 4.74 Å². The lowest BCUT2D eigenvalue weighted by molar-refractivity contribution is -0.137. The summed E-state index contributed by atoms with van der Waals surface area (Å²) >= 11 is 6.01. The Morgan fingerprint density at radius 2 is 1.97 bits per heavy atom. The molecule has 0 aromatic heterocycles. The Bertz CT molecular complexity index is 980. The van der Waals surface area contributed by atoms with Crippen molar-refractivity contribution >= 4 is 23.1 Å². The number of hydrogen-bond donors (Lipinski definition) is 1. The van der Waals surface area contributed by atoms with E-state index in [9.17, 15) is 18.0 Å². The number of ether oxygens (including phenoxy) is 1. The first-order valence-corrected chi connectivity index (χ1v) is 10.0. The normalized spacial score (nSPS) is 14.3. The molecule has 0 amide bonds. The van der Waals surface area contributed by atoms with Crippen molar-refractivity contribution in [2.24, 2.45) is 0 Å². The van der Waals surface area contributed by atoms with Gasteiger partial charge in [0.05, 0.1) is 0 Å². The second-order valence-electron chi connectivity index (χ2n) is 7.45. The molecular weight excluding hydrogens is 417 g/mol. The second-order valence-corrected chi connectivity index (χ2v) is 7.89. The van der Waals surface area contributed by atoms with Crippen LogP contribution in [-0.4, -0.2) is 17.7 Å². The van der Waals surface area contributed by atoms with Crippen LogP contribution in [-0.2, 0) is 17.1 Å². The number of halogens is 4. The van der Waals surface area contributed by atoms with Crippen LogP contribution in [0.2, 0.25) is 5.02 Å². The van der Waals surface area contributed by atoms with Crippen LogP contribution in [0, 0.1) is 5.82 Å². The fourth-order valence-corrected chi connectivity index (χ4v) is 3.88. The molecule has 30 heavy (non-hydrogen) atoms. The molecule has 0 saturated carbocycles. The van der Waals surface area contributed by atoms with Gasteiger partial charge in [0, 0.05) is 29.5 Å². The zero-order valence-corrected chi connectivity index (χ0v) is 17.2. The fraction of sp³-hybridized carbons (Fsp3) is 0.348. The van der Waals surface area contributed by atoms with E-state index in [4.69, 9.17) is 21.4 Å². The molecule has 3 rings (SSSR count). The Labute approximate surface area is 178 Å². The average Bonchev–Trinajstić information content (AvgIpc) is 3.14. The number of carbonyl (C=O) groups is 1. The molecule has 7 heteroatoms. The SMILES string of the molecule is CC(F)(F)c1cc(OCC2=C(c3cc(Cl)ccc3F)CCC2)ccc1CCC(=O)O. The van der Waals surface area contributed by atoms with E-state index in [2.05, 4.69) is 0 Å². The Morgan fingerprint density at radius 3 is 2.67 bits per heavy atom. The number of benzene rings is 2. The minimum Gasteiger partial charge on any atom is -0.489 e. The summed E-state index contributed by atoms with van der Waals surface area (Å²) in [6.07, 6.45) is 2.06. The van der Waals surface area contributed by atoms with Gasteiger partial charge in [0.25, 0.3) is 5.92 Å². The highest BCUT2D eigenvalue weighted by Crippen LogP contribution is 2.37. The molecule has 0 unspecified atom stereocenters. The minimum absolute atomic E-state index is 0.0116. The maximum Gasteiger partial charge on any atom is 0.303 e. The lowest BCUT2D eigenvalue weighted by atomic mass is 9.98. The van der Waals surface area contributed by atoms with Gasteiger partial charge >= 0.3 is 5.97 Å². The molecular formula is C23H22ClF3O3. The molecule has 0 atom stereocenters. The van der Waals surface area contributed by atoms with Crippen LogP contribution >= 0.6 is 11.6 Å². The number of allylic oxidation sites excluding steroid dienone is 1. The van der Waals surface area contributed by atoms with Crippen LogP contribution in [0.1, 0.15) is 49.3 Å². The number of rotatable bonds is 8. The largest absolute Gasteiger partial charge is 0.489 e. The van der Waals surface area contributed by atoms with Gasteiger partial charge in [-0.05, 0) is 72.7 Å². The predicted octanol–water partition coefficient (Wildman–Crippen LogP) is 6.62. The summed E-state index contributed by atoms with van der Waals surface area (Å²) in [5, 5.41) is 9.27. The van der Waals surface area contributed by atoms with Gasteiger partial charge in [0.1, 0.15) is 18.2 Å². The number of carboxylic acids is 1. The van der Waals surface area contributed by atoms with Gasteiger partial charge in [-0.1, -0.05) is 17.7 Å². The number of hydrogen-bond acceptors (Lipinski definition) is 2. The van der Waals surface area contributed by atoms with E-state index in [1.165, 1.54) is 24.3 Å². The van der Waals surface area contributed by atoms with Crippen LogP contribution in [0.15, 0.2) is 42.0 Å². The average molecular weight is 439 g/mol. The molecule has 1 aliphatic rings. The first-order chi connectivity index (χ1) is 14.1. The van der Waals surface area contributed by atoms with Gasteiger partial charge in [-0.2, -0.15) is 0 Å². The molecule has 0 bridgehead atoms. The molecule has 0 spiro atoms. The highest BCUT2D eigenvalue weighted by Gasteiger charge is 2.28. The van der Waals surface area contributed by atoms with Crippen molar-refractivity contribution in [3.8, 4) is 5.75 Å².